The van der Waals surface area contributed by atoms with Gasteiger partial charge in [0.15, 0.2) is 16.4 Å². The molecule has 1 saturated heterocycles. The van der Waals surface area contributed by atoms with Crippen LogP contribution in [0.2, 0.25) is 10.0 Å². The van der Waals surface area contributed by atoms with Gasteiger partial charge >= 0.3 is 5.97 Å². The minimum absolute atomic E-state index is 0.0295. The van der Waals surface area contributed by atoms with Gasteiger partial charge in [-0.1, -0.05) is 23.2 Å². The van der Waals surface area contributed by atoms with Crippen LogP contribution in [0.1, 0.15) is 23.7 Å². The van der Waals surface area contributed by atoms with E-state index in [0.29, 0.717) is 11.4 Å². The first-order valence-corrected chi connectivity index (χ1v) is 9.32. The van der Waals surface area contributed by atoms with Gasteiger partial charge in [0.25, 0.3) is 5.91 Å². The zero-order valence-corrected chi connectivity index (χ0v) is 14.6. The predicted molar refractivity (Wildman–Crippen MR) is 86.6 cm³/mol. The van der Waals surface area contributed by atoms with Gasteiger partial charge in [-0.2, -0.15) is 0 Å². The number of nitrogens with one attached hydrogen (secondary N) is 1. The van der Waals surface area contributed by atoms with E-state index in [2.05, 4.69) is 5.32 Å². The summed E-state index contributed by atoms with van der Waals surface area (Å²) in [5, 5.41) is 3.06. The molecule has 23 heavy (non-hydrogen) atoms. The van der Waals surface area contributed by atoms with Crippen LogP contribution in [0.5, 0.6) is 0 Å². The highest BCUT2D eigenvalue weighted by molar-refractivity contribution is 7.91. The third kappa shape index (κ3) is 4.83. The summed E-state index contributed by atoms with van der Waals surface area (Å²) in [5.74, 6) is -1.45. The van der Waals surface area contributed by atoms with Crippen LogP contribution in [0.3, 0.4) is 0 Å². The van der Waals surface area contributed by atoms with Gasteiger partial charge in [0.2, 0.25) is 0 Å². The number of rotatable bonds is 4. The van der Waals surface area contributed by atoms with Gasteiger partial charge in [-0.15, -0.1) is 0 Å². The second kappa shape index (κ2) is 6.67. The Morgan fingerprint density at radius 2 is 2.04 bits per heavy atom. The van der Waals surface area contributed by atoms with Gasteiger partial charge in [-0.3, -0.25) is 4.79 Å². The molecule has 1 heterocycles. The molecule has 2 rings (SSSR count). The Kier molecular flexibility index (Phi) is 5.23. The topological polar surface area (TPSA) is 89.5 Å². The van der Waals surface area contributed by atoms with Crippen LogP contribution in [-0.2, 0) is 19.4 Å². The van der Waals surface area contributed by atoms with E-state index in [4.69, 9.17) is 27.9 Å². The Morgan fingerprint density at radius 1 is 1.35 bits per heavy atom. The molecule has 0 aromatic heterocycles. The van der Waals surface area contributed by atoms with Crippen molar-refractivity contribution < 1.29 is 22.7 Å². The molecule has 9 heteroatoms. The van der Waals surface area contributed by atoms with Crippen molar-refractivity contribution in [2.75, 3.05) is 18.1 Å². The number of halogens is 2. The summed E-state index contributed by atoms with van der Waals surface area (Å²) >= 11 is 11.7. The summed E-state index contributed by atoms with van der Waals surface area (Å²) in [4.78, 5) is 23.8. The molecule has 1 amide bonds. The number of carbonyl (C=O) groups is 2. The van der Waals surface area contributed by atoms with Crippen molar-refractivity contribution in [2.45, 2.75) is 18.9 Å². The van der Waals surface area contributed by atoms with Crippen molar-refractivity contribution in [3.05, 3.63) is 33.8 Å². The van der Waals surface area contributed by atoms with Crippen LogP contribution >= 0.6 is 23.2 Å². The van der Waals surface area contributed by atoms with Crippen LogP contribution in [0.4, 0.5) is 0 Å². The number of benzene rings is 1. The molecule has 1 aromatic rings. The number of esters is 1. The van der Waals surface area contributed by atoms with E-state index in [-0.39, 0.29) is 22.1 Å². The molecule has 1 aliphatic heterocycles. The zero-order chi connectivity index (χ0) is 17.3. The molecule has 1 N–H and O–H groups in total. The summed E-state index contributed by atoms with van der Waals surface area (Å²) in [5.41, 5.74) is -0.780. The Hall–Kier alpha value is -1.31. The fourth-order valence-corrected chi connectivity index (χ4v) is 4.80. The number of ether oxygens (including phenoxy) is 1. The lowest BCUT2D eigenvalue weighted by Crippen LogP contribution is -2.48. The number of sulfone groups is 1. The third-order valence-corrected chi connectivity index (χ3v) is 5.89. The lowest BCUT2D eigenvalue weighted by Gasteiger charge is -2.23. The van der Waals surface area contributed by atoms with E-state index in [0.717, 1.165) is 0 Å². The van der Waals surface area contributed by atoms with Crippen molar-refractivity contribution in [3.8, 4) is 0 Å². The van der Waals surface area contributed by atoms with Gasteiger partial charge in [0.05, 0.1) is 27.6 Å². The summed E-state index contributed by atoms with van der Waals surface area (Å²) < 4.78 is 27.9. The van der Waals surface area contributed by atoms with Crippen molar-refractivity contribution in [1.29, 1.82) is 0 Å². The molecule has 0 aliphatic carbocycles. The largest absolute Gasteiger partial charge is 0.452 e. The maximum atomic E-state index is 11.9. The maximum absolute atomic E-state index is 11.9. The fraction of sp³-hybridized carbons (Fsp3) is 0.429. The van der Waals surface area contributed by atoms with Crippen LogP contribution in [0.15, 0.2) is 18.2 Å². The second-order valence-corrected chi connectivity index (χ2v) is 8.68. The van der Waals surface area contributed by atoms with Crippen LogP contribution < -0.4 is 5.32 Å². The highest BCUT2D eigenvalue weighted by atomic mass is 35.5. The number of hydrogen-bond acceptors (Lipinski definition) is 5. The van der Waals surface area contributed by atoms with Gasteiger partial charge in [-0.25, -0.2) is 13.2 Å². The summed E-state index contributed by atoms with van der Waals surface area (Å²) in [6.45, 7) is 1.11. The monoisotopic (exact) mass is 379 g/mol. The molecule has 6 nitrogen and oxygen atoms in total. The Labute approximate surface area is 144 Å². The van der Waals surface area contributed by atoms with E-state index in [1.165, 1.54) is 18.2 Å². The predicted octanol–water partition coefficient (Wildman–Crippen LogP) is 1.84. The normalized spacial score (nSPS) is 22.6. The van der Waals surface area contributed by atoms with Crippen LogP contribution in [0.25, 0.3) is 0 Å². The molecule has 126 valence electrons. The Bertz CT molecular complexity index is 750. The first-order chi connectivity index (χ1) is 10.6. The van der Waals surface area contributed by atoms with Gasteiger partial charge in [-0.05, 0) is 31.5 Å². The van der Waals surface area contributed by atoms with Gasteiger partial charge in [0, 0.05) is 5.02 Å². The highest BCUT2D eigenvalue weighted by Gasteiger charge is 2.39. The van der Waals surface area contributed by atoms with Crippen LogP contribution in [0, 0.1) is 0 Å². The summed E-state index contributed by atoms with van der Waals surface area (Å²) in [6.07, 6.45) is 0.329. The third-order valence-electron chi connectivity index (χ3n) is 3.43. The van der Waals surface area contributed by atoms with E-state index in [1.54, 1.807) is 6.92 Å². The molecule has 0 spiro atoms. The smallest absolute Gasteiger partial charge is 0.340 e. The second-order valence-electron chi connectivity index (χ2n) is 5.65. The van der Waals surface area contributed by atoms with E-state index in [9.17, 15) is 18.0 Å². The molecular formula is C14H15Cl2NO5S. The van der Waals surface area contributed by atoms with Crippen molar-refractivity contribution >= 4 is 44.9 Å². The molecule has 1 aromatic carbocycles. The average molecular weight is 380 g/mol. The van der Waals surface area contributed by atoms with Crippen LogP contribution in [-0.4, -0.2) is 43.9 Å². The summed E-state index contributed by atoms with van der Waals surface area (Å²) in [6, 6.07) is 4.31. The SMILES string of the molecule is CC1(NC(=O)COC(=O)c2cc(Cl)ccc2Cl)CCS(=O)(=O)C1. The first-order valence-electron chi connectivity index (χ1n) is 6.74. The lowest BCUT2D eigenvalue weighted by atomic mass is 10.0. The quantitative estimate of drug-likeness (QED) is 0.806. The Balaban J connectivity index is 1.92. The Morgan fingerprint density at radius 3 is 2.65 bits per heavy atom. The molecule has 1 fully saturated rings. The minimum Gasteiger partial charge on any atom is -0.452 e. The van der Waals surface area contributed by atoms with E-state index >= 15 is 0 Å². The van der Waals surface area contributed by atoms with E-state index < -0.39 is 33.9 Å². The molecule has 0 bridgehead atoms. The molecule has 1 atom stereocenters. The highest BCUT2D eigenvalue weighted by Crippen LogP contribution is 2.23. The van der Waals surface area contributed by atoms with Gasteiger partial charge < -0.3 is 10.1 Å². The molecule has 0 radical (unpaired) electrons. The summed E-state index contributed by atoms with van der Waals surface area (Å²) in [7, 11) is -3.14. The van der Waals surface area contributed by atoms with Crippen molar-refractivity contribution in [3.63, 3.8) is 0 Å². The minimum atomic E-state index is -3.14. The lowest BCUT2D eigenvalue weighted by molar-refractivity contribution is -0.125. The zero-order valence-electron chi connectivity index (χ0n) is 12.3. The molecular weight excluding hydrogens is 365 g/mol. The van der Waals surface area contributed by atoms with E-state index in [1.807, 2.05) is 0 Å². The number of amides is 1. The molecule has 1 aliphatic rings. The molecule has 0 saturated carbocycles. The average Bonchev–Trinajstić information content (AvgIpc) is 2.72. The number of carbonyl (C=O) groups excluding carboxylic acids is 2. The standard InChI is InChI=1S/C14H15Cl2NO5S/c1-14(4-5-23(20,21)8-14)17-12(18)7-22-13(19)10-6-9(15)2-3-11(10)16/h2-3,6H,4-5,7-8H2,1H3,(H,17,18). The number of hydrogen-bond donors (Lipinski definition) is 1. The fourth-order valence-electron chi connectivity index (χ4n) is 2.34. The maximum Gasteiger partial charge on any atom is 0.340 e. The van der Waals surface area contributed by atoms with Crippen molar-refractivity contribution in [1.82, 2.24) is 5.32 Å². The van der Waals surface area contributed by atoms with Gasteiger partial charge in [0.1, 0.15) is 0 Å². The molecule has 1 unspecified atom stereocenters. The first kappa shape index (κ1) is 18.0. The van der Waals surface area contributed by atoms with Crippen molar-refractivity contribution in [2.24, 2.45) is 0 Å².